The number of nitrogens with zero attached hydrogens (tertiary/aromatic N) is 3. The number of anilines is 1. The van der Waals surface area contributed by atoms with Gasteiger partial charge in [-0.2, -0.15) is 4.31 Å². The molecule has 34 heavy (non-hydrogen) atoms. The van der Waals surface area contributed by atoms with Crippen LogP contribution in [0.1, 0.15) is 23.7 Å². The number of rotatable bonds is 6. The minimum Gasteiger partial charge on any atom is -0.462 e. The Morgan fingerprint density at radius 2 is 1.62 bits per heavy atom. The largest absolute Gasteiger partial charge is 0.462 e. The van der Waals surface area contributed by atoms with Crippen molar-refractivity contribution in [1.82, 2.24) is 9.21 Å². The van der Waals surface area contributed by atoms with E-state index in [1.165, 1.54) is 52.8 Å². The molecule has 11 heteroatoms. The number of ether oxygens (including phenoxy) is 1. The summed E-state index contributed by atoms with van der Waals surface area (Å²) >= 11 is 0. The summed E-state index contributed by atoms with van der Waals surface area (Å²) < 4.78 is 45.5. The highest BCUT2D eigenvalue weighted by Gasteiger charge is 2.44. The van der Waals surface area contributed by atoms with Gasteiger partial charge in [-0.15, -0.1) is 0 Å². The molecule has 2 saturated heterocycles. The Morgan fingerprint density at radius 1 is 1.00 bits per heavy atom. The van der Waals surface area contributed by atoms with Crippen molar-refractivity contribution in [2.75, 3.05) is 37.7 Å². The monoisotopic (exact) mass is 489 g/mol. The molecule has 2 aliphatic heterocycles. The molecule has 1 atom stereocenters. The standard InChI is InChI=1S/C23H24FN3O6S/c1-2-33-23(30)16-3-9-19(10-4-16)34(31,32)26-13-11-25(12-14-26)20-15-21(28)27(22(20)29)18-7-5-17(24)6-8-18/h3-10,20H,2,11-15H2,1H3. The number of imide groups is 1. The van der Waals surface area contributed by atoms with Crippen LogP contribution in [0.2, 0.25) is 0 Å². The Kier molecular flexibility index (Phi) is 6.78. The van der Waals surface area contributed by atoms with E-state index in [1.54, 1.807) is 11.8 Å². The van der Waals surface area contributed by atoms with Crippen LogP contribution in [0.3, 0.4) is 0 Å². The lowest BCUT2D eigenvalue weighted by atomic mass is 10.2. The molecule has 2 heterocycles. The maximum atomic E-state index is 13.2. The van der Waals surface area contributed by atoms with E-state index in [0.29, 0.717) is 5.69 Å². The van der Waals surface area contributed by atoms with E-state index in [0.717, 1.165) is 4.90 Å². The predicted molar refractivity (Wildman–Crippen MR) is 120 cm³/mol. The first-order chi connectivity index (χ1) is 16.2. The quantitative estimate of drug-likeness (QED) is 0.449. The summed E-state index contributed by atoms with van der Waals surface area (Å²) in [6.07, 6.45) is -0.0156. The van der Waals surface area contributed by atoms with Crippen molar-refractivity contribution < 1.29 is 31.9 Å². The molecule has 2 aromatic rings. The van der Waals surface area contributed by atoms with Crippen molar-refractivity contribution in [1.29, 1.82) is 0 Å². The van der Waals surface area contributed by atoms with Gasteiger partial charge in [0.15, 0.2) is 0 Å². The minimum absolute atomic E-state index is 0.0156. The maximum absolute atomic E-state index is 13.2. The fourth-order valence-electron chi connectivity index (χ4n) is 4.14. The lowest BCUT2D eigenvalue weighted by Gasteiger charge is -2.36. The molecule has 0 N–H and O–H groups in total. The topological polar surface area (TPSA) is 104 Å². The lowest BCUT2D eigenvalue weighted by Crippen LogP contribution is -2.53. The second kappa shape index (κ2) is 9.61. The fraction of sp³-hybridized carbons (Fsp3) is 0.348. The highest BCUT2D eigenvalue weighted by molar-refractivity contribution is 7.89. The summed E-state index contributed by atoms with van der Waals surface area (Å²) in [5.74, 6) is -1.77. The normalized spacial score (nSPS) is 20.1. The summed E-state index contributed by atoms with van der Waals surface area (Å²) in [6, 6.07) is 10.0. The molecule has 4 rings (SSSR count). The van der Waals surface area contributed by atoms with E-state index in [2.05, 4.69) is 0 Å². The van der Waals surface area contributed by atoms with Crippen molar-refractivity contribution in [2.24, 2.45) is 0 Å². The number of carbonyl (C=O) groups is 3. The van der Waals surface area contributed by atoms with Gasteiger partial charge in [-0.25, -0.2) is 22.5 Å². The number of piperazine rings is 1. The van der Waals surface area contributed by atoms with Crippen LogP contribution in [-0.2, 0) is 24.3 Å². The molecule has 0 bridgehead atoms. The minimum atomic E-state index is -3.79. The molecule has 0 aliphatic carbocycles. The Bertz CT molecular complexity index is 1190. The van der Waals surface area contributed by atoms with Crippen LogP contribution < -0.4 is 4.90 Å². The fourth-order valence-corrected chi connectivity index (χ4v) is 5.57. The van der Waals surface area contributed by atoms with Gasteiger partial charge in [0.25, 0.3) is 5.91 Å². The van der Waals surface area contributed by atoms with Crippen LogP contribution in [0.5, 0.6) is 0 Å². The van der Waals surface area contributed by atoms with Gasteiger partial charge in [0.05, 0.1) is 35.2 Å². The summed E-state index contributed by atoms with van der Waals surface area (Å²) in [5.41, 5.74) is 0.576. The average molecular weight is 490 g/mol. The highest BCUT2D eigenvalue weighted by atomic mass is 32.2. The number of benzene rings is 2. The van der Waals surface area contributed by atoms with Crippen LogP contribution >= 0.6 is 0 Å². The molecular weight excluding hydrogens is 465 g/mol. The smallest absolute Gasteiger partial charge is 0.338 e. The molecule has 180 valence electrons. The third-order valence-corrected chi connectivity index (χ3v) is 7.84. The van der Waals surface area contributed by atoms with Gasteiger partial charge in [0.2, 0.25) is 15.9 Å². The lowest BCUT2D eigenvalue weighted by molar-refractivity contribution is -0.123. The molecule has 0 aromatic heterocycles. The number of amides is 2. The van der Waals surface area contributed by atoms with E-state index >= 15 is 0 Å². The average Bonchev–Trinajstić information content (AvgIpc) is 3.13. The van der Waals surface area contributed by atoms with Crippen molar-refractivity contribution in [3.05, 3.63) is 59.9 Å². The predicted octanol–water partition coefficient (Wildman–Crippen LogP) is 1.64. The molecule has 0 radical (unpaired) electrons. The Morgan fingerprint density at radius 3 is 2.21 bits per heavy atom. The van der Waals surface area contributed by atoms with E-state index < -0.39 is 33.8 Å². The van der Waals surface area contributed by atoms with Crippen molar-refractivity contribution >= 4 is 33.5 Å². The third kappa shape index (κ3) is 4.59. The molecular formula is C23H24FN3O6S. The zero-order chi connectivity index (χ0) is 24.5. The van der Waals surface area contributed by atoms with Gasteiger partial charge in [-0.1, -0.05) is 0 Å². The molecule has 0 saturated carbocycles. The summed E-state index contributed by atoms with van der Waals surface area (Å²) in [6.45, 7) is 2.76. The van der Waals surface area contributed by atoms with Crippen LogP contribution in [0, 0.1) is 5.82 Å². The van der Waals surface area contributed by atoms with Crippen molar-refractivity contribution in [3.63, 3.8) is 0 Å². The van der Waals surface area contributed by atoms with Gasteiger partial charge >= 0.3 is 5.97 Å². The second-order valence-electron chi connectivity index (χ2n) is 7.95. The van der Waals surface area contributed by atoms with Gasteiger partial charge in [0.1, 0.15) is 5.82 Å². The number of carbonyl (C=O) groups excluding carboxylic acids is 3. The first kappa shape index (κ1) is 24.0. The molecule has 2 amide bonds. The zero-order valence-corrected chi connectivity index (χ0v) is 19.3. The number of esters is 1. The van der Waals surface area contributed by atoms with Gasteiger partial charge < -0.3 is 4.74 Å². The second-order valence-corrected chi connectivity index (χ2v) is 9.89. The van der Waals surface area contributed by atoms with Crippen molar-refractivity contribution in [2.45, 2.75) is 24.3 Å². The number of sulfonamides is 1. The van der Waals surface area contributed by atoms with E-state index in [1.807, 2.05) is 0 Å². The molecule has 0 spiro atoms. The van der Waals surface area contributed by atoms with Crippen LogP contribution in [0.15, 0.2) is 53.4 Å². The molecule has 1 unspecified atom stereocenters. The van der Waals surface area contributed by atoms with E-state index in [-0.39, 0.29) is 55.6 Å². The zero-order valence-electron chi connectivity index (χ0n) is 18.5. The molecule has 9 nitrogen and oxygen atoms in total. The van der Waals surface area contributed by atoms with E-state index in [4.69, 9.17) is 4.74 Å². The van der Waals surface area contributed by atoms with Crippen molar-refractivity contribution in [3.8, 4) is 0 Å². The highest BCUT2D eigenvalue weighted by Crippen LogP contribution is 2.27. The Balaban J connectivity index is 1.41. The van der Waals surface area contributed by atoms with Crippen LogP contribution in [0.25, 0.3) is 0 Å². The van der Waals surface area contributed by atoms with Gasteiger partial charge in [0, 0.05) is 26.2 Å². The summed E-state index contributed by atoms with van der Waals surface area (Å²) in [7, 11) is -3.79. The number of hydrogen-bond acceptors (Lipinski definition) is 7. The molecule has 2 aromatic carbocycles. The van der Waals surface area contributed by atoms with Gasteiger partial charge in [-0.05, 0) is 55.5 Å². The first-order valence-corrected chi connectivity index (χ1v) is 12.3. The summed E-state index contributed by atoms with van der Waals surface area (Å²) in [4.78, 5) is 40.1. The first-order valence-electron chi connectivity index (χ1n) is 10.9. The van der Waals surface area contributed by atoms with Gasteiger partial charge in [-0.3, -0.25) is 14.5 Å². The summed E-state index contributed by atoms with van der Waals surface area (Å²) in [5, 5.41) is 0. The number of hydrogen-bond donors (Lipinski definition) is 0. The maximum Gasteiger partial charge on any atom is 0.338 e. The number of halogens is 1. The van der Waals surface area contributed by atoms with Crippen LogP contribution in [0.4, 0.5) is 10.1 Å². The van der Waals surface area contributed by atoms with Crippen LogP contribution in [-0.4, -0.2) is 74.2 Å². The SMILES string of the molecule is CCOC(=O)c1ccc(S(=O)(=O)N2CCN(C3CC(=O)N(c4ccc(F)cc4)C3=O)CC2)cc1. The molecule has 2 aliphatic rings. The Labute approximate surface area is 196 Å². The Hall–Kier alpha value is -3.15. The van der Waals surface area contributed by atoms with E-state index in [9.17, 15) is 27.2 Å². The third-order valence-electron chi connectivity index (χ3n) is 5.92. The molecule has 2 fully saturated rings.